The molecule has 2 aromatic rings. The van der Waals surface area contributed by atoms with Crippen LogP contribution in [0.1, 0.15) is 45.1 Å². The smallest absolute Gasteiger partial charge is 0.242 e. The van der Waals surface area contributed by atoms with Gasteiger partial charge in [0.1, 0.15) is 6.04 Å². The van der Waals surface area contributed by atoms with Crippen LogP contribution >= 0.6 is 0 Å². The van der Waals surface area contributed by atoms with Crippen LogP contribution in [0.25, 0.3) is 0 Å². The van der Waals surface area contributed by atoms with Crippen LogP contribution < -0.4 is 9.62 Å². The van der Waals surface area contributed by atoms with E-state index in [1.165, 1.54) is 4.31 Å². The van der Waals surface area contributed by atoms with Gasteiger partial charge in [-0.3, -0.25) is 13.9 Å². The van der Waals surface area contributed by atoms with Crippen molar-refractivity contribution in [1.29, 1.82) is 0 Å². The van der Waals surface area contributed by atoms with Crippen molar-refractivity contribution in [2.75, 3.05) is 23.7 Å². The summed E-state index contributed by atoms with van der Waals surface area (Å²) in [6.07, 6.45) is 3.49. The Morgan fingerprint density at radius 3 is 2.15 bits per heavy atom. The first-order chi connectivity index (χ1) is 15.7. The highest BCUT2D eigenvalue weighted by Gasteiger charge is 2.26. The molecule has 8 heteroatoms. The quantitative estimate of drug-likeness (QED) is 0.451. The molecule has 0 aromatic heterocycles. The lowest BCUT2D eigenvalue weighted by atomic mass is 10.1. The summed E-state index contributed by atoms with van der Waals surface area (Å²) < 4.78 is 25.9. The Bertz CT molecular complexity index is 981. The predicted molar refractivity (Wildman–Crippen MR) is 132 cm³/mol. The van der Waals surface area contributed by atoms with Crippen LogP contribution in [0.2, 0.25) is 0 Å². The normalized spacial score (nSPS) is 12.1. The number of hydrogen-bond acceptors (Lipinski definition) is 4. The maximum absolute atomic E-state index is 13.2. The monoisotopic (exact) mass is 473 g/mol. The lowest BCUT2D eigenvalue weighted by molar-refractivity contribution is -0.140. The minimum absolute atomic E-state index is 0.137. The third-order valence-corrected chi connectivity index (χ3v) is 6.58. The van der Waals surface area contributed by atoms with Gasteiger partial charge >= 0.3 is 0 Å². The van der Waals surface area contributed by atoms with E-state index in [0.717, 1.165) is 24.7 Å². The van der Waals surface area contributed by atoms with Crippen molar-refractivity contribution < 1.29 is 18.0 Å². The molecule has 1 atom stereocenters. The predicted octanol–water partition coefficient (Wildman–Crippen LogP) is 3.57. The van der Waals surface area contributed by atoms with Gasteiger partial charge in [-0.15, -0.1) is 0 Å². The van der Waals surface area contributed by atoms with E-state index in [2.05, 4.69) is 12.2 Å². The summed E-state index contributed by atoms with van der Waals surface area (Å²) in [7, 11) is -3.48. The van der Waals surface area contributed by atoms with E-state index in [4.69, 9.17) is 0 Å². The zero-order valence-electron chi connectivity index (χ0n) is 19.7. The number of rotatable bonds is 13. The molecule has 0 saturated heterocycles. The van der Waals surface area contributed by atoms with Crippen molar-refractivity contribution >= 4 is 27.5 Å². The van der Waals surface area contributed by atoms with Gasteiger partial charge in [-0.2, -0.15) is 0 Å². The number of carbonyl (C=O) groups excluding carboxylic acids is 2. The summed E-state index contributed by atoms with van der Waals surface area (Å²) in [5.74, 6) is -0.367. The number of carbonyl (C=O) groups is 2. The molecule has 0 aliphatic carbocycles. The molecule has 33 heavy (non-hydrogen) atoms. The molecular formula is C25H35N3O4S. The molecule has 0 radical (unpaired) electrons. The summed E-state index contributed by atoms with van der Waals surface area (Å²) in [6, 6.07) is 17.7. The molecule has 0 bridgehead atoms. The summed E-state index contributed by atoms with van der Waals surface area (Å²) in [6.45, 7) is 4.86. The van der Waals surface area contributed by atoms with Crippen molar-refractivity contribution in [3.05, 3.63) is 66.2 Å². The third-order valence-electron chi connectivity index (χ3n) is 5.39. The van der Waals surface area contributed by atoms with E-state index in [1.54, 1.807) is 36.1 Å². The lowest BCUT2D eigenvalue weighted by Crippen LogP contribution is -2.47. The van der Waals surface area contributed by atoms with Crippen molar-refractivity contribution in [2.45, 2.75) is 52.1 Å². The van der Waals surface area contributed by atoms with Crippen molar-refractivity contribution in [3.63, 3.8) is 0 Å². The molecule has 0 saturated carbocycles. The maximum Gasteiger partial charge on any atom is 0.242 e. The second-order valence-corrected chi connectivity index (χ2v) is 10.0. The molecule has 7 nitrogen and oxygen atoms in total. The standard InChI is InChI=1S/C25H35N3O4S/c1-4-5-18-26-25(30)21(2)27(20-22-13-8-6-9-14-22)24(29)17-12-19-28(33(3,31)32)23-15-10-7-11-16-23/h6-11,13-16,21H,4-5,12,17-20H2,1-3H3,(H,26,30)/t21-/m1/s1. The second kappa shape index (κ2) is 13.0. The minimum Gasteiger partial charge on any atom is -0.354 e. The van der Waals surface area contributed by atoms with Crippen LogP contribution in [-0.4, -0.2) is 50.5 Å². The molecule has 2 aromatic carbocycles. The van der Waals surface area contributed by atoms with Crippen LogP contribution in [0.3, 0.4) is 0 Å². The Morgan fingerprint density at radius 2 is 1.58 bits per heavy atom. The maximum atomic E-state index is 13.2. The van der Waals surface area contributed by atoms with Gasteiger partial charge in [-0.25, -0.2) is 8.42 Å². The van der Waals surface area contributed by atoms with Crippen LogP contribution in [0.15, 0.2) is 60.7 Å². The number of anilines is 1. The largest absolute Gasteiger partial charge is 0.354 e. The summed E-state index contributed by atoms with van der Waals surface area (Å²) >= 11 is 0. The van der Waals surface area contributed by atoms with E-state index in [0.29, 0.717) is 25.2 Å². The summed E-state index contributed by atoms with van der Waals surface area (Å²) in [5.41, 5.74) is 1.50. The average Bonchev–Trinajstić information content (AvgIpc) is 2.80. The highest BCUT2D eigenvalue weighted by Crippen LogP contribution is 2.18. The topological polar surface area (TPSA) is 86.8 Å². The Hall–Kier alpha value is -2.87. The van der Waals surface area contributed by atoms with Gasteiger partial charge in [-0.05, 0) is 37.5 Å². The van der Waals surface area contributed by atoms with Gasteiger partial charge < -0.3 is 10.2 Å². The summed E-state index contributed by atoms with van der Waals surface area (Å²) in [4.78, 5) is 27.4. The number of para-hydroxylation sites is 1. The van der Waals surface area contributed by atoms with Crippen molar-refractivity contribution in [1.82, 2.24) is 10.2 Å². The van der Waals surface area contributed by atoms with Gasteiger partial charge in [0.25, 0.3) is 0 Å². The third kappa shape index (κ3) is 8.53. The molecule has 180 valence electrons. The highest BCUT2D eigenvalue weighted by atomic mass is 32.2. The number of benzene rings is 2. The number of hydrogen-bond donors (Lipinski definition) is 1. The van der Waals surface area contributed by atoms with E-state index >= 15 is 0 Å². The van der Waals surface area contributed by atoms with Crippen LogP contribution in [0.5, 0.6) is 0 Å². The Balaban J connectivity index is 2.09. The molecule has 0 fully saturated rings. The van der Waals surface area contributed by atoms with Crippen molar-refractivity contribution in [2.24, 2.45) is 0 Å². The fourth-order valence-corrected chi connectivity index (χ4v) is 4.46. The molecule has 0 spiro atoms. The number of amides is 2. The van der Waals surface area contributed by atoms with E-state index in [1.807, 2.05) is 36.4 Å². The Kier molecular flexibility index (Phi) is 10.4. The molecule has 0 aliphatic heterocycles. The second-order valence-electron chi connectivity index (χ2n) is 8.10. The molecule has 0 unspecified atom stereocenters. The van der Waals surface area contributed by atoms with Gasteiger partial charge in [-0.1, -0.05) is 61.9 Å². The fraction of sp³-hybridized carbons (Fsp3) is 0.440. The molecule has 2 rings (SSSR count). The zero-order chi connectivity index (χ0) is 24.3. The molecule has 0 heterocycles. The van der Waals surface area contributed by atoms with Crippen LogP contribution in [0, 0.1) is 0 Å². The summed E-state index contributed by atoms with van der Waals surface area (Å²) in [5, 5.41) is 2.90. The molecular weight excluding hydrogens is 438 g/mol. The number of nitrogens with one attached hydrogen (secondary N) is 1. The first kappa shape index (κ1) is 26.4. The number of nitrogens with zero attached hydrogens (tertiary/aromatic N) is 2. The van der Waals surface area contributed by atoms with Crippen LogP contribution in [0.4, 0.5) is 5.69 Å². The van der Waals surface area contributed by atoms with Gasteiger partial charge in [0, 0.05) is 26.1 Å². The van der Waals surface area contributed by atoms with Crippen molar-refractivity contribution in [3.8, 4) is 0 Å². The van der Waals surface area contributed by atoms with Crippen LogP contribution in [-0.2, 0) is 26.2 Å². The van der Waals surface area contributed by atoms with E-state index < -0.39 is 16.1 Å². The lowest BCUT2D eigenvalue weighted by Gasteiger charge is -2.29. The number of sulfonamides is 1. The Morgan fingerprint density at radius 1 is 0.970 bits per heavy atom. The van der Waals surface area contributed by atoms with Gasteiger partial charge in [0.15, 0.2) is 0 Å². The molecule has 2 amide bonds. The van der Waals surface area contributed by atoms with E-state index in [-0.39, 0.29) is 24.8 Å². The molecule has 0 aliphatic rings. The average molecular weight is 474 g/mol. The van der Waals surface area contributed by atoms with Gasteiger partial charge in [0.05, 0.1) is 11.9 Å². The highest BCUT2D eigenvalue weighted by molar-refractivity contribution is 7.92. The first-order valence-corrected chi connectivity index (χ1v) is 13.2. The minimum atomic E-state index is -3.48. The SMILES string of the molecule is CCCCNC(=O)[C@@H](C)N(Cc1ccccc1)C(=O)CCCN(c1ccccc1)S(C)(=O)=O. The Labute approximate surface area is 197 Å². The zero-order valence-corrected chi connectivity index (χ0v) is 20.6. The van der Waals surface area contributed by atoms with Gasteiger partial charge in [0.2, 0.25) is 21.8 Å². The first-order valence-electron chi connectivity index (χ1n) is 11.4. The number of unbranched alkanes of at least 4 members (excludes halogenated alkanes) is 1. The molecule has 1 N–H and O–H groups in total. The van der Waals surface area contributed by atoms with E-state index in [9.17, 15) is 18.0 Å². The fourth-order valence-electron chi connectivity index (χ4n) is 3.50.